The van der Waals surface area contributed by atoms with Crippen LogP contribution in [-0.4, -0.2) is 13.1 Å². The summed E-state index contributed by atoms with van der Waals surface area (Å²) in [5.74, 6) is 1.95. The van der Waals surface area contributed by atoms with Gasteiger partial charge in [-0.2, -0.15) is 0 Å². The summed E-state index contributed by atoms with van der Waals surface area (Å²) in [6.07, 6.45) is 0.773. The zero-order chi connectivity index (χ0) is 14.8. The van der Waals surface area contributed by atoms with Crippen LogP contribution in [0.4, 0.5) is 0 Å². The van der Waals surface area contributed by atoms with Gasteiger partial charge in [0.1, 0.15) is 12.4 Å². The first-order valence-electron chi connectivity index (χ1n) is 6.13. The smallest absolute Gasteiger partial charge is 0.231 e. The van der Waals surface area contributed by atoms with E-state index in [1.54, 1.807) is 12.1 Å². The monoisotopic (exact) mass is 412 g/mol. The first-order chi connectivity index (χ1) is 10.2. The zero-order valence-electron chi connectivity index (χ0n) is 10.8. The Hall–Kier alpha value is -1.53. The van der Waals surface area contributed by atoms with Gasteiger partial charge in [-0.15, -0.1) is 0 Å². The molecule has 2 aromatic rings. The van der Waals surface area contributed by atoms with Gasteiger partial charge in [-0.1, -0.05) is 31.9 Å². The second-order valence-corrected chi connectivity index (χ2v) is 6.16. The molecule has 108 valence electrons. The number of halogens is 2. The molecule has 0 saturated carbocycles. The summed E-state index contributed by atoms with van der Waals surface area (Å²) in [6.45, 7) is 0.549. The number of hydrogen-bond acceptors (Lipinski definition) is 4. The van der Waals surface area contributed by atoms with Crippen LogP contribution in [-0.2, 0) is 6.61 Å². The fourth-order valence-corrected chi connectivity index (χ4v) is 2.78. The van der Waals surface area contributed by atoms with Gasteiger partial charge in [0.05, 0.1) is 5.56 Å². The van der Waals surface area contributed by atoms with Crippen molar-refractivity contribution < 1.29 is 19.0 Å². The average Bonchev–Trinajstić information content (AvgIpc) is 2.92. The van der Waals surface area contributed by atoms with E-state index in [0.717, 1.165) is 20.8 Å². The standard InChI is InChI=1S/C15H10Br2O4/c16-11-1-2-13(9(3-11)6-18)19-7-10-4-14-15(5-12(10)17)21-8-20-14/h1-6H,7-8H2. The molecule has 1 aliphatic rings. The lowest BCUT2D eigenvalue weighted by Gasteiger charge is -2.11. The lowest BCUT2D eigenvalue weighted by atomic mass is 10.2. The van der Waals surface area contributed by atoms with Crippen LogP contribution in [0.2, 0.25) is 0 Å². The number of rotatable bonds is 4. The van der Waals surface area contributed by atoms with E-state index in [1.165, 1.54) is 0 Å². The van der Waals surface area contributed by atoms with Crippen molar-refractivity contribution in [2.45, 2.75) is 6.61 Å². The molecule has 0 N–H and O–H groups in total. The minimum atomic E-state index is 0.230. The van der Waals surface area contributed by atoms with Crippen molar-refractivity contribution in [2.75, 3.05) is 6.79 Å². The molecule has 21 heavy (non-hydrogen) atoms. The summed E-state index contributed by atoms with van der Waals surface area (Å²) in [5.41, 5.74) is 1.42. The third kappa shape index (κ3) is 3.06. The highest BCUT2D eigenvalue weighted by molar-refractivity contribution is 9.10. The maximum atomic E-state index is 11.1. The molecule has 4 nitrogen and oxygen atoms in total. The van der Waals surface area contributed by atoms with Crippen LogP contribution in [0.3, 0.4) is 0 Å². The van der Waals surface area contributed by atoms with Gasteiger partial charge >= 0.3 is 0 Å². The number of carbonyl (C=O) groups is 1. The third-order valence-corrected chi connectivity index (χ3v) is 4.26. The van der Waals surface area contributed by atoms with Gasteiger partial charge in [-0.25, -0.2) is 0 Å². The highest BCUT2D eigenvalue weighted by atomic mass is 79.9. The van der Waals surface area contributed by atoms with Crippen LogP contribution in [0.5, 0.6) is 17.2 Å². The molecule has 2 aromatic carbocycles. The number of hydrogen-bond donors (Lipinski definition) is 0. The Morgan fingerprint density at radius 1 is 1.14 bits per heavy atom. The van der Waals surface area contributed by atoms with E-state index < -0.39 is 0 Å². The molecule has 0 unspecified atom stereocenters. The topological polar surface area (TPSA) is 44.8 Å². The first kappa shape index (κ1) is 14.4. The first-order valence-corrected chi connectivity index (χ1v) is 7.71. The molecular weight excluding hydrogens is 404 g/mol. The number of ether oxygens (including phenoxy) is 3. The van der Waals surface area contributed by atoms with Gasteiger partial charge < -0.3 is 14.2 Å². The molecule has 0 aliphatic carbocycles. The van der Waals surface area contributed by atoms with Crippen LogP contribution in [0.1, 0.15) is 15.9 Å². The molecule has 0 fully saturated rings. The Balaban J connectivity index is 1.81. The summed E-state index contributed by atoms with van der Waals surface area (Å²) in [7, 11) is 0. The summed E-state index contributed by atoms with van der Waals surface area (Å²) < 4.78 is 18.1. The molecule has 1 aliphatic heterocycles. The molecule has 0 amide bonds. The maximum Gasteiger partial charge on any atom is 0.231 e. The van der Waals surface area contributed by atoms with E-state index >= 15 is 0 Å². The summed E-state index contributed by atoms with van der Waals surface area (Å²) in [6, 6.07) is 9.03. The SMILES string of the molecule is O=Cc1cc(Br)ccc1OCc1cc2c(cc1Br)OCO2. The molecule has 0 bridgehead atoms. The van der Waals surface area contributed by atoms with Gasteiger partial charge in [0.25, 0.3) is 0 Å². The largest absolute Gasteiger partial charge is 0.488 e. The Bertz CT molecular complexity index is 700. The van der Waals surface area contributed by atoms with E-state index in [1.807, 2.05) is 18.2 Å². The van der Waals surface area contributed by atoms with Crippen LogP contribution < -0.4 is 14.2 Å². The van der Waals surface area contributed by atoms with Crippen molar-refractivity contribution in [2.24, 2.45) is 0 Å². The van der Waals surface area contributed by atoms with Crippen LogP contribution in [0.25, 0.3) is 0 Å². The van der Waals surface area contributed by atoms with Gasteiger partial charge in [-0.3, -0.25) is 4.79 Å². The fourth-order valence-electron chi connectivity index (χ4n) is 1.97. The number of carbonyl (C=O) groups excluding carboxylic acids is 1. The second-order valence-electron chi connectivity index (χ2n) is 4.39. The van der Waals surface area contributed by atoms with E-state index in [-0.39, 0.29) is 6.79 Å². The quantitative estimate of drug-likeness (QED) is 0.699. The number of fused-ring (bicyclic) bond motifs is 1. The van der Waals surface area contributed by atoms with Crippen molar-refractivity contribution in [3.05, 3.63) is 50.4 Å². The van der Waals surface area contributed by atoms with Crippen molar-refractivity contribution in [3.8, 4) is 17.2 Å². The van der Waals surface area contributed by atoms with E-state index in [0.29, 0.717) is 29.4 Å². The van der Waals surface area contributed by atoms with Crippen molar-refractivity contribution in [1.82, 2.24) is 0 Å². The molecule has 0 radical (unpaired) electrons. The van der Waals surface area contributed by atoms with Crippen molar-refractivity contribution >= 4 is 38.1 Å². The van der Waals surface area contributed by atoms with Gasteiger partial charge in [0.15, 0.2) is 17.8 Å². The molecule has 3 rings (SSSR count). The summed E-state index contributed by atoms with van der Waals surface area (Å²) in [5, 5.41) is 0. The summed E-state index contributed by atoms with van der Waals surface area (Å²) in [4.78, 5) is 11.1. The molecule has 0 saturated heterocycles. The number of aldehydes is 1. The Morgan fingerprint density at radius 2 is 1.90 bits per heavy atom. The Morgan fingerprint density at radius 3 is 2.67 bits per heavy atom. The highest BCUT2D eigenvalue weighted by Crippen LogP contribution is 2.37. The molecule has 6 heteroatoms. The highest BCUT2D eigenvalue weighted by Gasteiger charge is 2.16. The van der Waals surface area contributed by atoms with Crippen LogP contribution in [0.15, 0.2) is 39.3 Å². The second kappa shape index (κ2) is 6.07. The summed E-state index contributed by atoms with van der Waals surface area (Å²) >= 11 is 6.80. The van der Waals surface area contributed by atoms with Gasteiger partial charge in [0, 0.05) is 14.5 Å². The Kier molecular flexibility index (Phi) is 4.17. The molecular formula is C15H10Br2O4. The predicted molar refractivity (Wildman–Crippen MR) is 84.1 cm³/mol. The Labute approximate surface area is 138 Å². The minimum Gasteiger partial charge on any atom is -0.488 e. The molecule has 0 spiro atoms. The third-order valence-electron chi connectivity index (χ3n) is 3.02. The fraction of sp³-hybridized carbons (Fsp3) is 0.133. The maximum absolute atomic E-state index is 11.1. The molecule has 1 heterocycles. The normalized spacial score (nSPS) is 12.3. The van der Waals surface area contributed by atoms with E-state index in [4.69, 9.17) is 14.2 Å². The van der Waals surface area contributed by atoms with Crippen LogP contribution in [0, 0.1) is 0 Å². The van der Waals surface area contributed by atoms with Crippen molar-refractivity contribution in [1.29, 1.82) is 0 Å². The predicted octanol–water partition coefficient (Wildman–Crippen LogP) is 4.33. The van der Waals surface area contributed by atoms with Gasteiger partial charge in [-0.05, 0) is 30.3 Å². The average molecular weight is 414 g/mol. The van der Waals surface area contributed by atoms with Gasteiger partial charge in [0.2, 0.25) is 6.79 Å². The molecule has 0 atom stereocenters. The lowest BCUT2D eigenvalue weighted by Crippen LogP contribution is -1.99. The van der Waals surface area contributed by atoms with E-state index in [2.05, 4.69) is 31.9 Å². The van der Waals surface area contributed by atoms with Crippen LogP contribution >= 0.6 is 31.9 Å². The minimum absolute atomic E-state index is 0.230. The zero-order valence-corrected chi connectivity index (χ0v) is 13.9. The number of benzene rings is 2. The molecule has 0 aromatic heterocycles. The van der Waals surface area contributed by atoms with Crippen molar-refractivity contribution in [3.63, 3.8) is 0 Å². The van der Waals surface area contributed by atoms with E-state index in [9.17, 15) is 4.79 Å². The lowest BCUT2D eigenvalue weighted by molar-refractivity contribution is 0.111.